The summed E-state index contributed by atoms with van der Waals surface area (Å²) in [6, 6.07) is 1.00. The zero-order valence-electron chi connectivity index (χ0n) is 10.0. The minimum absolute atomic E-state index is 0.152. The zero-order chi connectivity index (χ0) is 14.9. The molecule has 4 nitrogen and oxygen atoms in total. The summed E-state index contributed by atoms with van der Waals surface area (Å²) in [6.07, 6.45) is 0.351. The molecule has 8 heteroatoms. The molecular weight excluding hydrogens is 295 g/mol. The predicted molar refractivity (Wildman–Crippen MR) is 66.8 cm³/mol. The third-order valence-electron chi connectivity index (χ3n) is 2.38. The van der Waals surface area contributed by atoms with E-state index in [1.54, 1.807) is 0 Å². The number of halogens is 4. The molecule has 0 bridgehead atoms. The van der Waals surface area contributed by atoms with Gasteiger partial charge in [-0.1, -0.05) is 11.6 Å². The predicted octanol–water partition coefficient (Wildman–Crippen LogP) is 3.41. The van der Waals surface area contributed by atoms with Crippen molar-refractivity contribution in [2.75, 3.05) is 5.32 Å². The number of nitrogens with one attached hydrogen (secondary N) is 1. The van der Waals surface area contributed by atoms with E-state index in [9.17, 15) is 18.0 Å². The lowest BCUT2D eigenvalue weighted by Crippen LogP contribution is -2.06. The van der Waals surface area contributed by atoms with Gasteiger partial charge in [0.2, 0.25) is 0 Å². The third-order valence-corrected chi connectivity index (χ3v) is 2.67. The summed E-state index contributed by atoms with van der Waals surface area (Å²) < 4.78 is 39.9. The van der Waals surface area contributed by atoms with Gasteiger partial charge in [0, 0.05) is 12.1 Å². The summed E-state index contributed by atoms with van der Waals surface area (Å²) in [5.74, 6) is -3.34. The van der Waals surface area contributed by atoms with Gasteiger partial charge in [-0.3, -0.25) is 4.79 Å². The Bertz CT molecular complexity index is 671. The zero-order valence-corrected chi connectivity index (χ0v) is 10.8. The highest BCUT2D eigenvalue weighted by Crippen LogP contribution is 2.27. The van der Waals surface area contributed by atoms with Gasteiger partial charge in [-0.2, -0.15) is 0 Å². The van der Waals surface area contributed by atoms with Gasteiger partial charge in [0.25, 0.3) is 0 Å². The molecule has 0 amide bonds. The largest absolute Gasteiger partial charge is 0.335 e. The lowest BCUT2D eigenvalue weighted by molar-refractivity contribution is 0.112. The molecule has 0 radical (unpaired) electrons. The van der Waals surface area contributed by atoms with Crippen molar-refractivity contribution in [2.45, 2.75) is 6.92 Å². The normalized spacial score (nSPS) is 10.4. The molecule has 1 N–H and O–H groups in total. The summed E-state index contributed by atoms with van der Waals surface area (Å²) in [4.78, 5) is 18.5. The van der Waals surface area contributed by atoms with Crippen molar-refractivity contribution in [1.82, 2.24) is 9.97 Å². The summed E-state index contributed by atoms with van der Waals surface area (Å²) in [7, 11) is 0. The fourth-order valence-corrected chi connectivity index (χ4v) is 1.78. The first-order chi connectivity index (χ1) is 9.42. The summed E-state index contributed by atoms with van der Waals surface area (Å²) >= 11 is 5.74. The fraction of sp³-hybridized carbons (Fsp3) is 0.0833. The molecule has 20 heavy (non-hydrogen) atoms. The van der Waals surface area contributed by atoms with Crippen LogP contribution in [-0.2, 0) is 0 Å². The molecule has 0 spiro atoms. The number of hydrogen-bond acceptors (Lipinski definition) is 4. The quantitative estimate of drug-likeness (QED) is 0.697. The second kappa shape index (κ2) is 5.46. The SMILES string of the molecule is Cc1nc(Cl)c(C=O)c(Nc2c(F)cc(F)cc2F)n1. The third kappa shape index (κ3) is 2.72. The van der Waals surface area contributed by atoms with Gasteiger partial charge < -0.3 is 5.32 Å². The Morgan fingerprint density at radius 3 is 2.35 bits per heavy atom. The molecule has 1 heterocycles. The van der Waals surface area contributed by atoms with Crippen LogP contribution in [-0.4, -0.2) is 16.3 Å². The van der Waals surface area contributed by atoms with Gasteiger partial charge >= 0.3 is 0 Å². The Hall–Kier alpha value is -2.15. The van der Waals surface area contributed by atoms with Crippen LogP contribution in [0.15, 0.2) is 12.1 Å². The maximum absolute atomic E-state index is 13.5. The Balaban J connectivity index is 2.53. The maximum atomic E-state index is 13.5. The van der Waals surface area contributed by atoms with Gasteiger partial charge in [0.1, 0.15) is 28.3 Å². The lowest BCUT2D eigenvalue weighted by Gasteiger charge is -2.11. The van der Waals surface area contributed by atoms with Crippen molar-refractivity contribution in [3.8, 4) is 0 Å². The lowest BCUT2D eigenvalue weighted by atomic mass is 10.2. The highest BCUT2D eigenvalue weighted by atomic mass is 35.5. The van der Waals surface area contributed by atoms with E-state index in [-0.39, 0.29) is 22.4 Å². The van der Waals surface area contributed by atoms with Crippen LogP contribution in [0, 0.1) is 24.4 Å². The Kier molecular flexibility index (Phi) is 3.89. The molecule has 0 fully saturated rings. The average Bonchev–Trinajstić information content (AvgIpc) is 2.33. The van der Waals surface area contributed by atoms with Crippen LogP contribution in [0.5, 0.6) is 0 Å². The second-order valence-corrected chi connectivity index (χ2v) is 4.17. The number of aryl methyl sites for hydroxylation is 1. The van der Waals surface area contributed by atoms with E-state index in [1.807, 2.05) is 0 Å². The average molecular weight is 302 g/mol. The first kappa shape index (κ1) is 14.3. The first-order valence-corrected chi connectivity index (χ1v) is 5.71. The van der Waals surface area contributed by atoms with Crippen molar-refractivity contribution in [3.05, 3.63) is 46.1 Å². The number of carbonyl (C=O) groups excluding carboxylic acids is 1. The minimum atomic E-state index is -1.16. The minimum Gasteiger partial charge on any atom is -0.335 e. The Morgan fingerprint density at radius 1 is 1.20 bits per heavy atom. The van der Waals surface area contributed by atoms with Gasteiger partial charge in [0.15, 0.2) is 17.9 Å². The molecule has 0 aliphatic carbocycles. The Morgan fingerprint density at radius 2 is 1.80 bits per heavy atom. The van der Waals surface area contributed by atoms with Crippen LogP contribution in [0.2, 0.25) is 5.15 Å². The molecule has 0 unspecified atom stereocenters. The van der Waals surface area contributed by atoms with E-state index >= 15 is 0 Å². The van der Waals surface area contributed by atoms with E-state index < -0.39 is 23.1 Å². The number of nitrogens with zero attached hydrogens (tertiary/aromatic N) is 2. The molecule has 2 rings (SSSR count). The number of aldehydes is 1. The molecule has 0 atom stereocenters. The molecule has 0 aliphatic rings. The van der Waals surface area contributed by atoms with Crippen LogP contribution in [0.1, 0.15) is 16.2 Å². The first-order valence-electron chi connectivity index (χ1n) is 5.33. The molecule has 1 aromatic carbocycles. The summed E-state index contributed by atoms with van der Waals surface area (Å²) in [5.41, 5.74) is -0.788. The monoisotopic (exact) mass is 301 g/mol. The van der Waals surface area contributed by atoms with E-state index in [0.29, 0.717) is 18.4 Å². The second-order valence-electron chi connectivity index (χ2n) is 3.81. The van der Waals surface area contributed by atoms with Gasteiger partial charge in [-0.15, -0.1) is 0 Å². The summed E-state index contributed by atoms with van der Waals surface area (Å²) in [5, 5.41) is 2.13. The molecular formula is C12H7ClF3N3O. The van der Waals surface area contributed by atoms with Crippen molar-refractivity contribution in [3.63, 3.8) is 0 Å². The smallest absolute Gasteiger partial charge is 0.156 e. The van der Waals surface area contributed by atoms with Crippen LogP contribution < -0.4 is 5.32 Å². The highest BCUT2D eigenvalue weighted by molar-refractivity contribution is 6.32. The maximum Gasteiger partial charge on any atom is 0.156 e. The van der Waals surface area contributed by atoms with Gasteiger partial charge in [-0.25, -0.2) is 23.1 Å². The van der Waals surface area contributed by atoms with Gasteiger partial charge in [0.05, 0.1) is 5.56 Å². The molecule has 1 aromatic heterocycles. The number of aromatic nitrogens is 2. The van der Waals surface area contributed by atoms with E-state index in [4.69, 9.17) is 11.6 Å². The highest BCUT2D eigenvalue weighted by Gasteiger charge is 2.16. The number of carbonyl (C=O) groups is 1. The van der Waals surface area contributed by atoms with Crippen molar-refractivity contribution >= 4 is 29.4 Å². The van der Waals surface area contributed by atoms with Crippen LogP contribution in [0.3, 0.4) is 0 Å². The van der Waals surface area contributed by atoms with Crippen LogP contribution in [0.25, 0.3) is 0 Å². The number of anilines is 2. The van der Waals surface area contributed by atoms with Crippen molar-refractivity contribution < 1.29 is 18.0 Å². The molecule has 104 valence electrons. The standard InChI is InChI=1S/C12H7ClF3N3O/c1-5-17-11(13)7(4-20)12(18-5)19-10-8(15)2-6(14)3-9(10)16/h2-4H,1H3,(H,17,18,19). The van der Waals surface area contributed by atoms with E-state index in [1.165, 1.54) is 6.92 Å². The molecule has 0 saturated heterocycles. The van der Waals surface area contributed by atoms with E-state index in [2.05, 4.69) is 15.3 Å². The Labute approximate surface area is 116 Å². The fourth-order valence-electron chi connectivity index (χ4n) is 1.53. The molecule has 2 aromatic rings. The number of benzene rings is 1. The van der Waals surface area contributed by atoms with Gasteiger partial charge in [-0.05, 0) is 6.92 Å². The van der Waals surface area contributed by atoms with Crippen LogP contribution in [0.4, 0.5) is 24.7 Å². The van der Waals surface area contributed by atoms with Crippen molar-refractivity contribution in [2.24, 2.45) is 0 Å². The topological polar surface area (TPSA) is 54.9 Å². The number of rotatable bonds is 3. The molecule has 0 saturated carbocycles. The van der Waals surface area contributed by atoms with Crippen LogP contribution >= 0.6 is 11.6 Å². The van der Waals surface area contributed by atoms with E-state index in [0.717, 1.165) is 0 Å². The van der Waals surface area contributed by atoms with Crippen molar-refractivity contribution in [1.29, 1.82) is 0 Å². The summed E-state index contributed by atoms with van der Waals surface area (Å²) in [6.45, 7) is 1.49. The number of hydrogen-bond donors (Lipinski definition) is 1. The molecule has 0 aliphatic heterocycles.